The van der Waals surface area contributed by atoms with Crippen LogP contribution in [0.2, 0.25) is 5.02 Å². The number of ether oxygens (including phenoxy) is 3. The maximum Gasteiger partial charge on any atom is 0.295 e. The number of methoxy groups -OCH3 is 3. The van der Waals surface area contributed by atoms with Gasteiger partial charge in [0.25, 0.3) is 11.7 Å². The summed E-state index contributed by atoms with van der Waals surface area (Å²) in [6.45, 7) is 0.887. The molecular formula is C26H26ClN3O6. The number of amides is 1. The molecule has 0 bridgehead atoms. The topological polar surface area (TPSA) is 103 Å². The highest BCUT2D eigenvalue weighted by molar-refractivity contribution is 6.46. The van der Waals surface area contributed by atoms with E-state index in [-0.39, 0.29) is 22.9 Å². The molecule has 2 aromatic carbocycles. The zero-order chi connectivity index (χ0) is 25.8. The van der Waals surface area contributed by atoms with Crippen LogP contribution in [-0.4, -0.2) is 59.1 Å². The molecule has 2 heterocycles. The van der Waals surface area contributed by atoms with E-state index in [1.807, 2.05) is 10.8 Å². The Morgan fingerprint density at radius 3 is 2.36 bits per heavy atom. The van der Waals surface area contributed by atoms with Crippen molar-refractivity contribution in [2.24, 2.45) is 0 Å². The van der Waals surface area contributed by atoms with Crippen molar-refractivity contribution in [2.75, 3.05) is 27.9 Å². The molecule has 1 fully saturated rings. The van der Waals surface area contributed by atoms with Gasteiger partial charge in [-0.3, -0.25) is 9.59 Å². The van der Waals surface area contributed by atoms with E-state index in [9.17, 15) is 14.7 Å². The van der Waals surface area contributed by atoms with E-state index in [0.717, 1.165) is 0 Å². The second kappa shape index (κ2) is 10.7. The molecule has 1 unspecified atom stereocenters. The number of nitrogens with zero attached hydrogens (tertiary/aromatic N) is 3. The quantitative estimate of drug-likeness (QED) is 0.262. The third-order valence-electron chi connectivity index (χ3n) is 6.06. The number of aliphatic hydroxyl groups excluding tert-OH is 1. The lowest BCUT2D eigenvalue weighted by Gasteiger charge is -2.26. The summed E-state index contributed by atoms with van der Waals surface area (Å²) in [6.07, 6.45) is 5.76. The average Bonchev–Trinajstić information content (AvgIpc) is 3.50. The minimum atomic E-state index is -0.839. The molecule has 0 radical (unpaired) electrons. The van der Waals surface area contributed by atoms with Crippen molar-refractivity contribution in [1.82, 2.24) is 14.5 Å². The summed E-state index contributed by atoms with van der Waals surface area (Å²) in [5.74, 6) is -0.436. The third kappa shape index (κ3) is 4.74. The number of carbonyl (C=O) groups is 2. The van der Waals surface area contributed by atoms with Crippen LogP contribution in [0.3, 0.4) is 0 Å². The molecule has 1 amide bonds. The average molecular weight is 512 g/mol. The maximum absolute atomic E-state index is 13.3. The number of Topliss-reactive ketones (excluding diaryl/α,β-unsaturated/α-hetero) is 1. The van der Waals surface area contributed by atoms with Crippen molar-refractivity contribution in [1.29, 1.82) is 0 Å². The monoisotopic (exact) mass is 511 g/mol. The minimum absolute atomic E-state index is 0.0314. The van der Waals surface area contributed by atoms with Crippen molar-refractivity contribution < 1.29 is 28.9 Å². The van der Waals surface area contributed by atoms with Gasteiger partial charge in [0.2, 0.25) is 0 Å². The molecule has 0 saturated carbocycles. The molecule has 1 aromatic heterocycles. The maximum atomic E-state index is 13.3. The summed E-state index contributed by atoms with van der Waals surface area (Å²) >= 11 is 6.26. The van der Waals surface area contributed by atoms with E-state index in [1.165, 1.54) is 32.3 Å². The Morgan fingerprint density at radius 2 is 1.72 bits per heavy atom. The molecule has 36 heavy (non-hydrogen) atoms. The van der Waals surface area contributed by atoms with Gasteiger partial charge in [-0.05, 0) is 42.3 Å². The minimum Gasteiger partial charge on any atom is -0.507 e. The molecule has 0 aliphatic carbocycles. The molecule has 1 N–H and O–H groups in total. The number of ketones is 1. The van der Waals surface area contributed by atoms with Crippen LogP contribution >= 0.6 is 11.6 Å². The van der Waals surface area contributed by atoms with Gasteiger partial charge in [0.15, 0.2) is 11.5 Å². The number of likely N-dealkylation sites (tertiary alicyclic amines) is 1. The lowest BCUT2D eigenvalue weighted by molar-refractivity contribution is -0.139. The molecule has 4 rings (SSSR count). The Kier molecular flexibility index (Phi) is 7.49. The molecular weight excluding hydrogens is 486 g/mol. The Labute approximate surface area is 213 Å². The number of rotatable bonds is 9. The molecule has 0 spiro atoms. The molecule has 3 aromatic rings. The van der Waals surface area contributed by atoms with Gasteiger partial charge in [-0.1, -0.05) is 17.7 Å². The second-order valence-corrected chi connectivity index (χ2v) is 8.52. The third-order valence-corrected chi connectivity index (χ3v) is 6.36. The van der Waals surface area contributed by atoms with Crippen LogP contribution in [0.4, 0.5) is 0 Å². The standard InChI is InChI=1S/C26H26ClN3O6/c1-34-19-7-6-17(13-18(19)27)24(31)22-23(16-5-8-20(35-2)21(14-16)36-3)30(26(33)25(22)32)11-4-10-29-12-9-28-15-29/h5-9,12-15,23,31H,4,10-11H2,1-3H3/b24-22-. The van der Waals surface area contributed by atoms with Gasteiger partial charge >= 0.3 is 0 Å². The predicted octanol–water partition coefficient (Wildman–Crippen LogP) is 4.07. The van der Waals surface area contributed by atoms with Gasteiger partial charge < -0.3 is 28.8 Å². The molecule has 1 saturated heterocycles. The lowest BCUT2D eigenvalue weighted by Crippen LogP contribution is -2.31. The number of carbonyl (C=O) groups excluding carboxylic acids is 2. The van der Waals surface area contributed by atoms with Crippen LogP contribution < -0.4 is 14.2 Å². The number of imidazole rings is 1. The van der Waals surface area contributed by atoms with E-state index in [0.29, 0.717) is 41.3 Å². The summed E-state index contributed by atoms with van der Waals surface area (Å²) in [5, 5.41) is 11.5. The van der Waals surface area contributed by atoms with Gasteiger partial charge in [0.1, 0.15) is 11.5 Å². The molecule has 1 aliphatic rings. The number of aryl methyl sites for hydroxylation is 1. The highest BCUT2D eigenvalue weighted by Crippen LogP contribution is 2.42. The van der Waals surface area contributed by atoms with E-state index in [4.69, 9.17) is 25.8 Å². The normalized spacial score (nSPS) is 16.9. The summed E-state index contributed by atoms with van der Waals surface area (Å²) in [5.41, 5.74) is 0.856. The SMILES string of the molecule is COc1ccc(/C(O)=C2/C(=O)C(=O)N(CCCn3ccnc3)C2c2ccc(OC)c(OC)c2)cc1Cl. The largest absolute Gasteiger partial charge is 0.507 e. The number of aliphatic hydroxyl groups is 1. The van der Waals surface area contributed by atoms with Crippen LogP contribution in [0.5, 0.6) is 17.2 Å². The highest BCUT2D eigenvalue weighted by atomic mass is 35.5. The van der Waals surface area contributed by atoms with E-state index >= 15 is 0 Å². The Balaban J connectivity index is 1.79. The van der Waals surface area contributed by atoms with Crippen molar-refractivity contribution >= 4 is 29.1 Å². The summed E-state index contributed by atoms with van der Waals surface area (Å²) < 4.78 is 17.9. The molecule has 188 valence electrons. The second-order valence-electron chi connectivity index (χ2n) is 8.11. The number of hydrogen-bond donors (Lipinski definition) is 1. The van der Waals surface area contributed by atoms with Gasteiger partial charge in [-0.2, -0.15) is 0 Å². The Bertz CT molecular complexity index is 1310. The number of aromatic nitrogens is 2. The fourth-order valence-corrected chi connectivity index (χ4v) is 4.55. The molecule has 9 nitrogen and oxygen atoms in total. The van der Waals surface area contributed by atoms with Crippen molar-refractivity contribution in [3.05, 3.63) is 76.8 Å². The van der Waals surface area contributed by atoms with Crippen molar-refractivity contribution in [3.63, 3.8) is 0 Å². The first-order valence-electron chi connectivity index (χ1n) is 11.2. The zero-order valence-corrected chi connectivity index (χ0v) is 20.9. The van der Waals surface area contributed by atoms with Crippen LogP contribution in [0.1, 0.15) is 23.6 Å². The lowest BCUT2D eigenvalue weighted by atomic mass is 9.95. The molecule has 10 heteroatoms. The van der Waals surface area contributed by atoms with E-state index in [2.05, 4.69) is 4.98 Å². The Hall–Kier alpha value is -3.98. The predicted molar refractivity (Wildman–Crippen MR) is 133 cm³/mol. The first kappa shape index (κ1) is 25.1. The van der Waals surface area contributed by atoms with Crippen LogP contribution in [0, 0.1) is 0 Å². The van der Waals surface area contributed by atoms with Crippen LogP contribution in [0.25, 0.3) is 5.76 Å². The number of hydrogen-bond acceptors (Lipinski definition) is 7. The number of halogens is 1. The van der Waals surface area contributed by atoms with Gasteiger partial charge in [0.05, 0.1) is 44.3 Å². The summed E-state index contributed by atoms with van der Waals surface area (Å²) in [7, 11) is 4.50. The zero-order valence-electron chi connectivity index (χ0n) is 20.1. The van der Waals surface area contributed by atoms with E-state index < -0.39 is 17.7 Å². The van der Waals surface area contributed by atoms with Crippen molar-refractivity contribution in [3.8, 4) is 17.2 Å². The van der Waals surface area contributed by atoms with Gasteiger partial charge in [0, 0.05) is 31.0 Å². The molecule has 1 aliphatic heterocycles. The first-order valence-corrected chi connectivity index (χ1v) is 11.6. The first-order chi connectivity index (χ1) is 17.4. The van der Waals surface area contributed by atoms with Crippen LogP contribution in [-0.2, 0) is 16.1 Å². The number of benzene rings is 2. The highest BCUT2D eigenvalue weighted by Gasteiger charge is 2.46. The van der Waals surface area contributed by atoms with Gasteiger partial charge in [-0.15, -0.1) is 0 Å². The summed E-state index contributed by atoms with van der Waals surface area (Å²) in [6, 6.07) is 8.97. The van der Waals surface area contributed by atoms with Gasteiger partial charge in [-0.25, -0.2) is 4.98 Å². The van der Waals surface area contributed by atoms with E-state index in [1.54, 1.807) is 42.9 Å². The molecule has 1 atom stereocenters. The van der Waals surface area contributed by atoms with Crippen LogP contribution in [0.15, 0.2) is 60.7 Å². The fourth-order valence-electron chi connectivity index (χ4n) is 4.29. The summed E-state index contributed by atoms with van der Waals surface area (Å²) in [4.78, 5) is 31.9. The smallest absolute Gasteiger partial charge is 0.295 e. The van der Waals surface area contributed by atoms with Crippen molar-refractivity contribution in [2.45, 2.75) is 19.0 Å². The fraction of sp³-hybridized carbons (Fsp3) is 0.269. The Morgan fingerprint density at radius 1 is 1.00 bits per heavy atom.